The molecule has 0 spiro atoms. The van der Waals surface area contributed by atoms with Crippen molar-refractivity contribution in [1.29, 1.82) is 0 Å². The zero-order chi connectivity index (χ0) is 13.9. The highest BCUT2D eigenvalue weighted by atomic mass is 15.2. The Hall–Kier alpha value is -0.860. The van der Waals surface area contributed by atoms with Crippen molar-refractivity contribution in [2.75, 3.05) is 13.6 Å². The molecule has 1 N–H and O–H groups in total. The third-order valence-corrected chi connectivity index (χ3v) is 5.53. The van der Waals surface area contributed by atoms with Crippen molar-refractivity contribution in [3.8, 4) is 0 Å². The van der Waals surface area contributed by atoms with Gasteiger partial charge in [-0.3, -0.25) is 4.90 Å². The average Bonchev–Trinajstić information content (AvgIpc) is 2.93. The molecule has 0 amide bonds. The quantitative estimate of drug-likeness (QED) is 0.901. The Morgan fingerprint density at radius 2 is 1.85 bits per heavy atom. The zero-order valence-corrected chi connectivity index (χ0v) is 12.9. The first-order chi connectivity index (χ1) is 9.81. The van der Waals surface area contributed by atoms with Gasteiger partial charge < -0.3 is 5.32 Å². The number of benzene rings is 1. The maximum Gasteiger partial charge on any atom is 0.0473 e. The molecule has 4 unspecified atom stereocenters. The van der Waals surface area contributed by atoms with Crippen molar-refractivity contribution in [3.63, 3.8) is 0 Å². The minimum Gasteiger partial charge on any atom is -0.312 e. The highest BCUT2D eigenvalue weighted by molar-refractivity contribution is 5.20. The smallest absolute Gasteiger partial charge is 0.0473 e. The van der Waals surface area contributed by atoms with E-state index >= 15 is 0 Å². The van der Waals surface area contributed by atoms with E-state index in [1.54, 1.807) is 0 Å². The lowest BCUT2D eigenvalue weighted by Crippen LogP contribution is -2.46. The SMILES string of the molecule is CNC(c1ccccc1)C(C)N1CCC2CCCCC21. The molecule has 2 aliphatic rings. The van der Waals surface area contributed by atoms with Gasteiger partial charge in [0, 0.05) is 18.1 Å². The third-order valence-electron chi connectivity index (χ3n) is 5.53. The topological polar surface area (TPSA) is 15.3 Å². The van der Waals surface area contributed by atoms with E-state index in [-0.39, 0.29) is 0 Å². The lowest BCUT2D eigenvalue weighted by Gasteiger charge is -2.39. The molecular weight excluding hydrogens is 244 g/mol. The number of nitrogens with one attached hydrogen (secondary N) is 1. The van der Waals surface area contributed by atoms with E-state index in [0.29, 0.717) is 12.1 Å². The molecule has 0 radical (unpaired) electrons. The molecule has 3 rings (SSSR count). The van der Waals surface area contributed by atoms with E-state index in [4.69, 9.17) is 0 Å². The summed E-state index contributed by atoms with van der Waals surface area (Å²) in [6.45, 7) is 3.70. The maximum atomic E-state index is 3.55. The molecule has 4 atom stereocenters. The molecule has 110 valence electrons. The Balaban J connectivity index is 1.75. The lowest BCUT2D eigenvalue weighted by molar-refractivity contribution is 0.118. The summed E-state index contributed by atoms with van der Waals surface area (Å²) in [5, 5.41) is 3.55. The zero-order valence-electron chi connectivity index (χ0n) is 12.9. The summed E-state index contributed by atoms with van der Waals surface area (Å²) in [7, 11) is 2.10. The standard InChI is InChI=1S/C18H28N2/c1-14(18(19-2)16-9-4-3-5-10-16)20-13-12-15-8-6-7-11-17(15)20/h3-5,9-10,14-15,17-19H,6-8,11-13H2,1-2H3. The highest BCUT2D eigenvalue weighted by Gasteiger charge is 2.39. The molecule has 1 saturated heterocycles. The second kappa shape index (κ2) is 6.28. The summed E-state index contributed by atoms with van der Waals surface area (Å²) in [6, 6.07) is 12.8. The van der Waals surface area contributed by atoms with Gasteiger partial charge >= 0.3 is 0 Å². The molecule has 0 bridgehead atoms. The Morgan fingerprint density at radius 1 is 1.10 bits per heavy atom. The fraction of sp³-hybridized carbons (Fsp3) is 0.667. The molecule has 1 heterocycles. The van der Waals surface area contributed by atoms with Crippen molar-refractivity contribution in [2.24, 2.45) is 5.92 Å². The first-order valence-corrected chi connectivity index (χ1v) is 8.29. The average molecular weight is 272 g/mol. The number of fused-ring (bicyclic) bond motifs is 1. The predicted octanol–water partition coefficient (Wildman–Crippen LogP) is 3.60. The molecule has 1 aliphatic carbocycles. The van der Waals surface area contributed by atoms with Crippen LogP contribution < -0.4 is 5.32 Å². The minimum absolute atomic E-state index is 0.442. The van der Waals surface area contributed by atoms with Crippen LogP contribution in [0.5, 0.6) is 0 Å². The fourth-order valence-corrected chi connectivity index (χ4v) is 4.49. The largest absolute Gasteiger partial charge is 0.312 e. The number of likely N-dealkylation sites (tertiary alicyclic amines) is 1. The van der Waals surface area contributed by atoms with Crippen molar-refractivity contribution in [1.82, 2.24) is 10.2 Å². The van der Waals surface area contributed by atoms with Crippen LogP contribution in [0.25, 0.3) is 0 Å². The molecule has 1 aromatic rings. The first kappa shape index (κ1) is 14.1. The van der Waals surface area contributed by atoms with Crippen molar-refractivity contribution in [3.05, 3.63) is 35.9 Å². The van der Waals surface area contributed by atoms with E-state index in [9.17, 15) is 0 Å². The molecule has 20 heavy (non-hydrogen) atoms. The van der Waals surface area contributed by atoms with E-state index in [0.717, 1.165) is 12.0 Å². The van der Waals surface area contributed by atoms with Gasteiger partial charge in [-0.25, -0.2) is 0 Å². The molecule has 2 heteroatoms. The van der Waals surface area contributed by atoms with Gasteiger partial charge in [0.25, 0.3) is 0 Å². The van der Waals surface area contributed by atoms with Gasteiger partial charge in [-0.05, 0) is 51.3 Å². The second-order valence-electron chi connectivity index (χ2n) is 6.56. The van der Waals surface area contributed by atoms with Gasteiger partial charge in [0.2, 0.25) is 0 Å². The van der Waals surface area contributed by atoms with E-state index < -0.39 is 0 Å². The summed E-state index contributed by atoms with van der Waals surface area (Å²) < 4.78 is 0. The van der Waals surface area contributed by atoms with Crippen LogP contribution in [-0.4, -0.2) is 30.6 Å². The second-order valence-corrected chi connectivity index (χ2v) is 6.56. The Morgan fingerprint density at radius 3 is 2.60 bits per heavy atom. The normalized spacial score (nSPS) is 29.9. The molecule has 2 fully saturated rings. The monoisotopic (exact) mass is 272 g/mol. The summed E-state index contributed by atoms with van der Waals surface area (Å²) in [5.41, 5.74) is 1.42. The van der Waals surface area contributed by atoms with Crippen LogP contribution in [0.1, 0.15) is 50.6 Å². The van der Waals surface area contributed by atoms with Gasteiger partial charge in [0.1, 0.15) is 0 Å². The minimum atomic E-state index is 0.442. The number of hydrogen-bond donors (Lipinski definition) is 1. The summed E-state index contributed by atoms with van der Waals surface area (Å²) in [5.74, 6) is 0.972. The van der Waals surface area contributed by atoms with Crippen molar-refractivity contribution >= 4 is 0 Å². The number of nitrogens with zero attached hydrogens (tertiary/aromatic N) is 1. The van der Waals surface area contributed by atoms with Crippen LogP contribution in [-0.2, 0) is 0 Å². The van der Waals surface area contributed by atoms with Crippen molar-refractivity contribution in [2.45, 2.75) is 57.2 Å². The molecule has 0 aromatic heterocycles. The number of hydrogen-bond acceptors (Lipinski definition) is 2. The van der Waals surface area contributed by atoms with Crippen molar-refractivity contribution < 1.29 is 0 Å². The first-order valence-electron chi connectivity index (χ1n) is 8.29. The van der Waals surface area contributed by atoms with Gasteiger partial charge in [0.05, 0.1) is 0 Å². The third kappa shape index (κ3) is 2.64. The van der Waals surface area contributed by atoms with Crippen LogP contribution in [0.3, 0.4) is 0 Å². The van der Waals surface area contributed by atoms with E-state index in [1.165, 1.54) is 44.2 Å². The molecule has 2 nitrogen and oxygen atoms in total. The Labute approximate surface area is 123 Å². The lowest BCUT2D eigenvalue weighted by atomic mass is 9.84. The summed E-state index contributed by atoms with van der Waals surface area (Å²) in [4.78, 5) is 2.79. The van der Waals surface area contributed by atoms with Crippen LogP contribution in [0.4, 0.5) is 0 Å². The summed E-state index contributed by atoms with van der Waals surface area (Å²) >= 11 is 0. The number of likely N-dealkylation sites (N-methyl/N-ethyl adjacent to an activating group) is 1. The Kier molecular flexibility index (Phi) is 4.42. The van der Waals surface area contributed by atoms with Gasteiger partial charge in [-0.15, -0.1) is 0 Å². The molecule has 1 saturated carbocycles. The maximum absolute atomic E-state index is 3.55. The highest BCUT2D eigenvalue weighted by Crippen LogP contribution is 2.39. The van der Waals surface area contributed by atoms with Crippen LogP contribution in [0.15, 0.2) is 30.3 Å². The molecule has 1 aliphatic heterocycles. The van der Waals surface area contributed by atoms with Crippen LogP contribution in [0.2, 0.25) is 0 Å². The van der Waals surface area contributed by atoms with Crippen LogP contribution >= 0.6 is 0 Å². The molecular formula is C18H28N2. The van der Waals surface area contributed by atoms with E-state index in [2.05, 4.69) is 54.5 Å². The molecule has 1 aromatic carbocycles. The number of rotatable bonds is 4. The van der Waals surface area contributed by atoms with Gasteiger partial charge in [-0.2, -0.15) is 0 Å². The van der Waals surface area contributed by atoms with Crippen LogP contribution in [0, 0.1) is 5.92 Å². The Bertz CT molecular complexity index is 417. The fourth-order valence-electron chi connectivity index (χ4n) is 4.49. The van der Waals surface area contributed by atoms with Gasteiger partial charge in [0.15, 0.2) is 0 Å². The summed E-state index contributed by atoms with van der Waals surface area (Å²) in [6.07, 6.45) is 7.18. The van der Waals surface area contributed by atoms with E-state index in [1.807, 2.05) is 0 Å². The van der Waals surface area contributed by atoms with Gasteiger partial charge in [-0.1, -0.05) is 43.2 Å². The predicted molar refractivity (Wildman–Crippen MR) is 84.8 cm³/mol.